The summed E-state index contributed by atoms with van der Waals surface area (Å²) in [7, 11) is 0. The maximum Gasteiger partial charge on any atom is 0.355 e. The average Bonchev–Trinajstić information content (AvgIpc) is 3.03. The summed E-state index contributed by atoms with van der Waals surface area (Å²) < 4.78 is 3.14. The lowest BCUT2D eigenvalue weighted by Crippen LogP contribution is -2.40. The van der Waals surface area contributed by atoms with Crippen molar-refractivity contribution in [1.82, 2.24) is 4.40 Å². The molecule has 0 fully saturated rings. The third-order valence-corrected chi connectivity index (χ3v) is 4.80. The number of fused-ring (bicyclic) bond motifs is 1. The number of hydrogen-bond acceptors (Lipinski definition) is 4. The number of pyridine rings is 1. The van der Waals surface area contributed by atoms with Crippen molar-refractivity contribution < 1.29 is 9.67 Å². The Labute approximate surface area is 137 Å². The highest BCUT2D eigenvalue weighted by molar-refractivity contribution is 7.13. The first-order valence-electron chi connectivity index (χ1n) is 7.38. The van der Waals surface area contributed by atoms with Crippen LogP contribution in [0.3, 0.4) is 0 Å². The van der Waals surface area contributed by atoms with Crippen LogP contribution in [0.1, 0.15) is 18.9 Å². The van der Waals surface area contributed by atoms with Gasteiger partial charge in [0.05, 0.1) is 23.6 Å². The largest absolute Gasteiger partial charge is 0.477 e. The molecule has 0 amide bonds. The second-order valence-electron chi connectivity index (χ2n) is 5.12. The van der Waals surface area contributed by atoms with Crippen LogP contribution < -0.4 is 10.1 Å². The van der Waals surface area contributed by atoms with E-state index in [1.165, 1.54) is 15.7 Å². The van der Waals surface area contributed by atoms with E-state index in [0.717, 1.165) is 16.9 Å². The van der Waals surface area contributed by atoms with Gasteiger partial charge in [-0.05, 0) is 29.5 Å². The van der Waals surface area contributed by atoms with Crippen molar-refractivity contribution in [1.29, 1.82) is 5.26 Å². The zero-order chi connectivity index (χ0) is 16.4. The molecule has 0 atom stereocenters. The predicted octanol–water partition coefficient (Wildman–Crippen LogP) is 2.50. The van der Waals surface area contributed by atoms with E-state index >= 15 is 0 Å². The molecule has 0 radical (unpaired) electrons. The summed E-state index contributed by atoms with van der Waals surface area (Å²) in [5, 5.41) is 21.5. The first-order chi connectivity index (χ1) is 11.2. The van der Waals surface area contributed by atoms with Gasteiger partial charge in [0.1, 0.15) is 6.54 Å². The van der Waals surface area contributed by atoms with Gasteiger partial charge in [-0.2, -0.15) is 14.2 Å². The molecule has 3 aromatic rings. The van der Waals surface area contributed by atoms with Crippen molar-refractivity contribution in [3.63, 3.8) is 0 Å². The highest BCUT2D eigenvalue weighted by Crippen LogP contribution is 2.32. The van der Waals surface area contributed by atoms with Crippen LogP contribution in [0.25, 0.3) is 16.1 Å². The SMILES string of the molecule is CCc1ccsc1-c1c(O)[n+](CCC#N)c2ccccn2c1=O. The van der Waals surface area contributed by atoms with E-state index in [-0.39, 0.29) is 17.9 Å². The number of hydrogen-bond donors (Lipinski definition) is 1. The van der Waals surface area contributed by atoms with Crippen LogP contribution in [0.5, 0.6) is 5.88 Å². The van der Waals surface area contributed by atoms with Crippen LogP contribution in [0.15, 0.2) is 40.6 Å². The quantitative estimate of drug-likeness (QED) is 0.749. The lowest BCUT2D eigenvalue weighted by Gasteiger charge is -2.08. The Morgan fingerprint density at radius 2 is 2.22 bits per heavy atom. The fourth-order valence-corrected chi connectivity index (χ4v) is 3.73. The molecule has 0 aliphatic rings. The highest BCUT2D eigenvalue weighted by Gasteiger charge is 2.26. The first kappa shape index (κ1) is 15.3. The highest BCUT2D eigenvalue weighted by atomic mass is 32.1. The van der Waals surface area contributed by atoms with Gasteiger partial charge in [-0.25, -0.2) is 4.79 Å². The summed E-state index contributed by atoms with van der Waals surface area (Å²) in [5.74, 6) is -0.0754. The summed E-state index contributed by atoms with van der Waals surface area (Å²) in [6, 6.07) is 9.40. The van der Waals surface area contributed by atoms with Gasteiger partial charge in [-0.3, -0.25) is 0 Å². The molecule has 0 aromatic carbocycles. The van der Waals surface area contributed by atoms with Crippen LogP contribution in [0, 0.1) is 11.3 Å². The first-order valence-corrected chi connectivity index (χ1v) is 8.26. The molecule has 3 aromatic heterocycles. The molecular weight excluding hydrogens is 310 g/mol. The fourth-order valence-electron chi connectivity index (χ4n) is 2.70. The van der Waals surface area contributed by atoms with E-state index in [1.54, 1.807) is 29.0 Å². The second kappa shape index (κ2) is 6.23. The predicted molar refractivity (Wildman–Crippen MR) is 88.4 cm³/mol. The third kappa shape index (κ3) is 2.49. The molecule has 3 heterocycles. The summed E-state index contributed by atoms with van der Waals surface area (Å²) in [4.78, 5) is 13.7. The zero-order valence-electron chi connectivity index (χ0n) is 12.7. The Morgan fingerprint density at radius 3 is 2.96 bits per heavy atom. The van der Waals surface area contributed by atoms with Gasteiger partial charge in [0.15, 0.2) is 5.56 Å². The molecule has 0 saturated heterocycles. The van der Waals surface area contributed by atoms with Crippen molar-refractivity contribution in [3.8, 4) is 22.4 Å². The van der Waals surface area contributed by atoms with E-state index < -0.39 is 0 Å². The standard InChI is InChI=1S/C17H15N3O2S/c1-2-12-7-11-23-15(12)14-16(21)19-9-4-3-6-13(19)20(17(14)22)10-5-8-18/h3-4,6-7,9,11H,2,5,10H2,1H3/p+1. The monoisotopic (exact) mass is 326 g/mol. The number of thiophene rings is 1. The molecule has 0 spiro atoms. The van der Waals surface area contributed by atoms with E-state index in [9.17, 15) is 9.90 Å². The molecule has 1 N–H and O–H groups in total. The third-order valence-electron chi connectivity index (χ3n) is 3.83. The molecule has 5 nitrogen and oxygen atoms in total. The maximum absolute atomic E-state index is 12.9. The minimum atomic E-state index is -0.247. The Morgan fingerprint density at radius 1 is 1.39 bits per heavy atom. The van der Waals surface area contributed by atoms with Gasteiger partial charge in [0, 0.05) is 6.07 Å². The summed E-state index contributed by atoms with van der Waals surface area (Å²) in [6.07, 6.45) is 2.72. The molecule has 0 aliphatic carbocycles. The second-order valence-corrected chi connectivity index (χ2v) is 6.04. The lowest BCUT2D eigenvalue weighted by atomic mass is 10.1. The van der Waals surface area contributed by atoms with Crippen LogP contribution in [0.2, 0.25) is 0 Å². The number of nitriles is 1. The molecule has 0 aliphatic heterocycles. The minimum Gasteiger partial charge on any atom is -0.477 e. The Bertz CT molecular complexity index is 966. The number of aryl methyl sites for hydroxylation is 2. The molecule has 0 bridgehead atoms. The van der Waals surface area contributed by atoms with Crippen LogP contribution in [0.4, 0.5) is 0 Å². The van der Waals surface area contributed by atoms with Crippen molar-refractivity contribution in [2.75, 3.05) is 0 Å². The fraction of sp³-hybridized carbons (Fsp3) is 0.235. The van der Waals surface area contributed by atoms with Crippen molar-refractivity contribution in [3.05, 3.63) is 51.8 Å². The summed E-state index contributed by atoms with van der Waals surface area (Å²) >= 11 is 1.44. The molecule has 23 heavy (non-hydrogen) atoms. The van der Waals surface area contributed by atoms with Crippen molar-refractivity contribution >= 4 is 17.0 Å². The lowest BCUT2D eigenvalue weighted by molar-refractivity contribution is -0.679. The molecule has 0 saturated carbocycles. The number of nitrogens with zero attached hydrogens (tertiary/aromatic N) is 3. The molecule has 6 heteroatoms. The number of aromatic nitrogens is 2. The Kier molecular flexibility index (Phi) is 4.13. The van der Waals surface area contributed by atoms with Gasteiger partial charge in [-0.1, -0.05) is 13.0 Å². The van der Waals surface area contributed by atoms with Crippen LogP contribution in [-0.4, -0.2) is 9.51 Å². The normalized spacial score (nSPS) is 10.8. The van der Waals surface area contributed by atoms with Crippen LogP contribution >= 0.6 is 11.3 Å². The number of aromatic hydroxyl groups is 1. The zero-order valence-corrected chi connectivity index (χ0v) is 13.5. The Balaban J connectivity index is 2.39. The van der Waals surface area contributed by atoms with Gasteiger partial charge in [-0.15, -0.1) is 11.3 Å². The van der Waals surface area contributed by atoms with E-state index in [1.807, 2.05) is 18.4 Å². The number of rotatable bonds is 4. The van der Waals surface area contributed by atoms with Crippen molar-refractivity contribution in [2.24, 2.45) is 0 Å². The molecule has 0 unspecified atom stereocenters. The molecule has 3 rings (SSSR count). The van der Waals surface area contributed by atoms with Gasteiger partial charge >= 0.3 is 5.56 Å². The Hall–Kier alpha value is -2.65. The summed E-state index contributed by atoms with van der Waals surface area (Å²) in [5.41, 5.74) is 1.66. The van der Waals surface area contributed by atoms with Crippen LogP contribution in [-0.2, 0) is 13.0 Å². The maximum atomic E-state index is 12.9. The molecular formula is C17H16N3O2S+. The summed E-state index contributed by atoms with van der Waals surface area (Å²) in [6.45, 7) is 2.35. The van der Waals surface area contributed by atoms with Gasteiger partial charge < -0.3 is 5.11 Å². The average molecular weight is 326 g/mol. The smallest absolute Gasteiger partial charge is 0.355 e. The van der Waals surface area contributed by atoms with E-state index in [2.05, 4.69) is 6.07 Å². The van der Waals surface area contributed by atoms with Gasteiger partial charge in [0.2, 0.25) is 0 Å². The topological polar surface area (TPSA) is 69.4 Å². The van der Waals surface area contributed by atoms with E-state index in [0.29, 0.717) is 17.8 Å². The van der Waals surface area contributed by atoms with E-state index in [4.69, 9.17) is 5.26 Å². The van der Waals surface area contributed by atoms with Gasteiger partial charge in [0.25, 0.3) is 11.5 Å². The molecule has 116 valence electrons. The van der Waals surface area contributed by atoms with Crippen molar-refractivity contribution in [2.45, 2.75) is 26.3 Å². The minimum absolute atomic E-state index is 0.0754.